The second-order valence-corrected chi connectivity index (χ2v) is 6.24. The zero-order valence-electron chi connectivity index (χ0n) is 13.6. The molecule has 0 bridgehead atoms. The highest BCUT2D eigenvalue weighted by Gasteiger charge is 2.24. The van der Waals surface area contributed by atoms with Crippen molar-refractivity contribution < 1.29 is 19.4 Å². The van der Waals surface area contributed by atoms with Crippen molar-refractivity contribution in [3.8, 4) is 0 Å². The molecule has 0 aliphatic carbocycles. The Kier molecular flexibility index (Phi) is 5.86. The van der Waals surface area contributed by atoms with Gasteiger partial charge in [-0.2, -0.15) is 0 Å². The largest absolute Gasteiger partial charge is 0.455 e. The first kappa shape index (κ1) is 17.6. The molecule has 0 radical (unpaired) electrons. The maximum atomic E-state index is 12.0. The Labute approximate surface area is 125 Å². The Hall–Kier alpha value is -1.47. The first-order chi connectivity index (χ1) is 9.60. The van der Waals surface area contributed by atoms with Crippen molar-refractivity contribution in [2.75, 3.05) is 6.61 Å². The van der Waals surface area contributed by atoms with Crippen molar-refractivity contribution >= 4 is 5.97 Å². The minimum atomic E-state index is -0.709. The number of ether oxygens (including phenoxy) is 2. The van der Waals surface area contributed by atoms with E-state index < -0.39 is 17.7 Å². The Bertz CT molecular complexity index is 477. The molecule has 1 N–H and O–H groups in total. The summed E-state index contributed by atoms with van der Waals surface area (Å²) in [5.74, 6) is -0.515. The van der Waals surface area contributed by atoms with Gasteiger partial charge in [0.05, 0.1) is 31.1 Å². The third kappa shape index (κ3) is 5.81. The molecule has 0 saturated carbocycles. The molecule has 0 amide bonds. The van der Waals surface area contributed by atoms with Crippen molar-refractivity contribution in [2.45, 2.75) is 65.9 Å². The Morgan fingerprint density at radius 2 is 2.00 bits per heavy atom. The van der Waals surface area contributed by atoms with Crippen LogP contribution in [0.15, 0.2) is 0 Å². The number of esters is 1. The summed E-state index contributed by atoms with van der Waals surface area (Å²) in [5.41, 5.74) is 0.146. The maximum Gasteiger partial charge on any atom is 0.361 e. The normalized spacial score (nSPS) is 13.5. The van der Waals surface area contributed by atoms with Gasteiger partial charge in [-0.15, -0.1) is 5.10 Å². The van der Waals surface area contributed by atoms with Gasteiger partial charge in [0, 0.05) is 0 Å². The van der Waals surface area contributed by atoms with E-state index in [-0.39, 0.29) is 24.9 Å². The SMILES string of the molecule is Cc1c(C(=O)OC(C)(C)C)nnn1CC(O)COC(C)C. The topological polar surface area (TPSA) is 86.5 Å². The first-order valence-electron chi connectivity index (χ1n) is 7.03. The van der Waals surface area contributed by atoms with Gasteiger partial charge in [0.1, 0.15) is 5.60 Å². The summed E-state index contributed by atoms with van der Waals surface area (Å²) >= 11 is 0. The minimum absolute atomic E-state index is 0.0498. The molecule has 0 spiro atoms. The number of nitrogens with zero attached hydrogens (tertiary/aromatic N) is 3. The van der Waals surface area contributed by atoms with Crippen LogP contribution in [0, 0.1) is 6.92 Å². The van der Waals surface area contributed by atoms with Gasteiger partial charge < -0.3 is 14.6 Å². The third-order valence-electron chi connectivity index (χ3n) is 2.58. The van der Waals surface area contributed by atoms with Crippen LogP contribution in [0.1, 0.15) is 50.8 Å². The summed E-state index contributed by atoms with van der Waals surface area (Å²) in [6.45, 7) is 11.3. The standard InChI is InChI=1S/C14H25N3O4/c1-9(2)20-8-11(18)7-17-10(3)12(15-16-17)13(19)21-14(4,5)6/h9,11,18H,7-8H2,1-6H3. The predicted octanol–water partition coefficient (Wildman–Crippen LogP) is 1.33. The number of carbonyl (C=O) groups is 1. The van der Waals surface area contributed by atoms with Crippen LogP contribution in [0.25, 0.3) is 0 Å². The van der Waals surface area contributed by atoms with Crippen molar-refractivity contribution in [3.05, 3.63) is 11.4 Å². The maximum absolute atomic E-state index is 12.0. The molecule has 1 heterocycles. The van der Waals surface area contributed by atoms with Crippen LogP contribution < -0.4 is 0 Å². The van der Waals surface area contributed by atoms with Crippen molar-refractivity contribution in [1.82, 2.24) is 15.0 Å². The average molecular weight is 299 g/mol. The van der Waals surface area contributed by atoms with Crippen molar-refractivity contribution in [1.29, 1.82) is 0 Å². The lowest BCUT2D eigenvalue weighted by molar-refractivity contribution is -0.00248. The van der Waals surface area contributed by atoms with E-state index in [1.807, 2.05) is 13.8 Å². The highest BCUT2D eigenvalue weighted by Crippen LogP contribution is 2.13. The molecule has 1 rings (SSSR count). The van der Waals surface area contributed by atoms with Gasteiger partial charge in [-0.05, 0) is 41.5 Å². The molecular weight excluding hydrogens is 274 g/mol. The van der Waals surface area contributed by atoms with Crippen molar-refractivity contribution in [2.24, 2.45) is 0 Å². The Balaban J connectivity index is 2.69. The second-order valence-electron chi connectivity index (χ2n) is 6.24. The van der Waals surface area contributed by atoms with Crippen LogP contribution >= 0.6 is 0 Å². The van der Waals surface area contributed by atoms with E-state index in [0.717, 1.165) is 0 Å². The van der Waals surface area contributed by atoms with Crippen LogP contribution in [-0.2, 0) is 16.0 Å². The zero-order valence-corrected chi connectivity index (χ0v) is 13.6. The van der Waals surface area contributed by atoms with Gasteiger partial charge in [0.2, 0.25) is 0 Å². The molecule has 0 aliphatic heterocycles. The minimum Gasteiger partial charge on any atom is -0.455 e. The molecule has 1 aromatic heterocycles. The van der Waals surface area contributed by atoms with E-state index in [1.165, 1.54) is 4.68 Å². The van der Waals surface area contributed by atoms with Crippen LogP contribution in [0.2, 0.25) is 0 Å². The third-order valence-corrected chi connectivity index (χ3v) is 2.58. The average Bonchev–Trinajstić information content (AvgIpc) is 2.66. The summed E-state index contributed by atoms with van der Waals surface area (Å²) < 4.78 is 12.1. The molecular formula is C14H25N3O4. The Morgan fingerprint density at radius 3 is 2.52 bits per heavy atom. The number of carbonyl (C=O) groups excluding carboxylic acids is 1. The predicted molar refractivity (Wildman–Crippen MR) is 77.0 cm³/mol. The van der Waals surface area contributed by atoms with Crippen LogP contribution in [0.4, 0.5) is 0 Å². The van der Waals surface area contributed by atoms with E-state index in [1.54, 1.807) is 27.7 Å². The van der Waals surface area contributed by atoms with Crippen LogP contribution in [0.5, 0.6) is 0 Å². The number of hydrogen-bond donors (Lipinski definition) is 1. The summed E-state index contributed by atoms with van der Waals surface area (Å²) in [4.78, 5) is 12.0. The molecule has 0 fully saturated rings. The van der Waals surface area contributed by atoms with Gasteiger partial charge in [-0.25, -0.2) is 9.48 Å². The zero-order chi connectivity index (χ0) is 16.2. The number of hydrogen-bond acceptors (Lipinski definition) is 6. The monoisotopic (exact) mass is 299 g/mol. The van der Waals surface area contributed by atoms with Gasteiger partial charge in [0.15, 0.2) is 5.69 Å². The molecule has 0 aliphatic rings. The lowest BCUT2D eigenvalue weighted by Crippen LogP contribution is -2.26. The fraction of sp³-hybridized carbons (Fsp3) is 0.786. The van der Waals surface area contributed by atoms with Gasteiger partial charge in [-0.1, -0.05) is 5.21 Å². The molecule has 1 aromatic rings. The van der Waals surface area contributed by atoms with E-state index >= 15 is 0 Å². The quantitative estimate of drug-likeness (QED) is 0.797. The van der Waals surface area contributed by atoms with Crippen LogP contribution in [0.3, 0.4) is 0 Å². The fourth-order valence-corrected chi connectivity index (χ4v) is 1.60. The number of rotatable bonds is 6. The first-order valence-corrected chi connectivity index (χ1v) is 7.03. The molecule has 120 valence electrons. The highest BCUT2D eigenvalue weighted by molar-refractivity contribution is 5.88. The fourth-order valence-electron chi connectivity index (χ4n) is 1.60. The highest BCUT2D eigenvalue weighted by atomic mass is 16.6. The van der Waals surface area contributed by atoms with Gasteiger partial charge in [0.25, 0.3) is 0 Å². The number of aliphatic hydroxyl groups is 1. The number of aliphatic hydroxyl groups excluding tert-OH is 1. The second kappa shape index (κ2) is 7.00. The summed E-state index contributed by atoms with van der Waals surface area (Å²) in [7, 11) is 0. The van der Waals surface area contributed by atoms with E-state index in [0.29, 0.717) is 5.69 Å². The van der Waals surface area contributed by atoms with Gasteiger partial charge >= 0.3 is 5.97 Å². The van der Waals surface area contributed by atoms with Crippen molar-refractivity contribution in [3.63, 3.8) is 0 Å². The van der Waals surface area contributed by atoms with E-state index in [9.17, 15) is 9.90 Å². The molecule has 7 nitrogen and oxygen atoms in total. The molecule has 0 aromatic carbocycles. The summed E-state index contributed by atoms with van der Waals surface area (Å²) in [6, 6.07) is 0. The molecule has 21 heavy (non-hydrogen) atoms. The lowest BCUT2D eigenvalue weighted by atomic mass is 10.2. The van der Waals surface area contributed by atoms with Gasteiger partial charge in [-0.3, -0.25) is 0 Å². The molecule has 1 unspecified atom stereocenters. The molecule has 7 heteroatoms. The Morgan fingerprint density at radius 1 is 1.38 bits per heavy atom. The smallest absolute Gasteiger partial charge is 0.361 e. The summed E-state index contributed by atoms with van der Waals surface area (Å²) in [6.07, 6.45) is -0.659. The lowest BCUT2D eigenvalue weighted by Gasteiger charge is -2.18. The van der Waals surface area contributed by atoms with E-state index in [4.69, 9.17) is 9.47 Å². The van der Waals surface area contributed by atoms with E-state index in [2.05, 4.69) is 10.3 Å². The summed E-state index contributed by atoms with van der Waals surface area (Å²) in [5, 5.41) is 17.6. The van der Waals surface area contributed by atoms with Crippen LogP contribution in [-0.4, -0.2) is 50.5 Å². The molecule has 1 atom stereocenters. The number of aromatic nitrogens is 3. The molecule has 0 saturated heterocycles.